The second-order valence-electron chi connectivity index (χ2n) is 5.03. The van der Waals surface area contributed by atoms with Gasteiger partial charge in [0.2, 0.25) is 0 Å². The summed E-state index contributed by atoms with van der Waals surface area (Å²) in [6.07, 6.45) is 2.85. The summed E-state index contributed by atoms with van der Waals surface area (Å²) in [4.78, 5) is 14.4. The van der Waals surface area contributed by atoms with E-state index in [0.29, 0.717) is 0 Å². The van der Waals surface area contributed by atoms with Crippen molar-refractivity contribution >= 4 is 17.7 Å². The first-order valence-electron chi connectivity index (χ1n) is 6.07. The van der Waals surface area contributed by atoms with E-state index in [0.717, 1.165) is 6.42 Å². The molecule has 1 N–H and O–H groups in total. The third-order valence-corrected chi connectivity index (χ3v) is 4.32. The predicted molar refractivity (Wildman–Crippen MR) is 73.9 cm³/mol. The first kappa shape index (κ1) is 13.4. The average Bonchev–Trinajstić information content (AvgIpc) is 3.10. The van der Waals surface area contributed by atoms with E-state index >= 15 is 0 Å². The molecule has 0 amide bonds. The smallest absolute Gasteiger partial charge is 0.306 e. The van der Waals surface area contributed by atoms with Crippen LogP contribution in [0.25, 0.3) is 0 Å². The highest BCUT2D eigenvalue weighted by molar-refractivity contribution is 7.98. The zero-order chi connectivity index (χ0) is 13.3. The van der Waals surface area contributed by atoms with Gasteiger partial charge in [0.25, 0.3) is 0 Å². The number of hydrogen-bond acceptors (Lipinski definition) is 3. The maximum Gasteiger partial charge on any atom is 0.306 e. The van der Waals surface area contributed by atoms with Gasteiger partial charge in [0, 0.05) is 10.9 Å². The zero-order valence-corrected chi connectivity index (χ0v) is 11.8. The summed E-state index contributed by atoms with van der Waals surface area (Å²) in [6.45, 7) is 0. The Morgan fingerprint density at radius 1 is 1.39 bits per heavy atom. The van der Waals surface area contributed by atoms with Gasteiger partial charge in [-0.1, -0.05) is 12.1 Å². The lowest BCUT2D eigenvalue weighted by Crippen LogP contribution is -2.23. The molecule has 4 heteroatoms. The lowest BCUT2D eigenvalue weighted by molar-refractivity contribution is -0.139. The highest BCUT2D eigenvalue weighted by Gasteiger charge is 2.49. The molecule has 1 aliphatic carbocycles. The van der Waals surface area contributed by atoms with Gasteiger partial charge < -0.3 is 10.0 Å². The molecule has 98 valence electrons. The molecule has 0 aromatic heterocycles. The molecule has 0 bridgehead atoms. The highest BCUT2D eigenvalue weighted by atomic mass is 32.2. The molecule has 1 aromatic carbocycles. The lowest BCUT2D eigenvalue weighted by Gasteiger charge is -2.25. The minimum atomic E-state index is -0.660. The molecule has 0 spiro atoms. The molecule has 18 heavy (non-hydrogen) atoms. The Balaban J connectivity index is 2.18. The van der Waals surface area contributed by atoms with Gasteiger partial charge in [-0.2, -0.15) is 0 Å². The van der Waals surface area contributed by atoms with E-state index in [4.69, 9.17) is 5.11 Å². The zero-order valence-electron chi connectivity index (χ0n) is 11.0. The van der Waals surface area contributed by atoms with Crippen molar-refractivity contribution in [3.63, 3.8) is 0 Å². The molecule has 1 fully saturated rings. The SMILES string of the molecule is CSc1ccc(C(C2CC2C(=O)O)N(C)C)cc1. The van der Waals surface area contributed by atoms with Crippen LogP contribution in [0.2, 0.25) is 0 Å². The topological polar surface area (TPSA) is 40.5 Å². The number of carboxylic acid groups (broad SMARTS) is 1. The van der Waals surface area contributed by atoms with Crippen LogP contribution in [0.5, 0.6) is 0 Å². The molecular formula is C14H19NO2S. The monoisotopic (exact) mass is 265 g/mol. The predicted octanol–water partition coefficient (Wildman–Crippen LogP) is 2.73. The number of carboxylic acids is 1. The molecule has 3 nitrogen and oxygen atoms in total. The van der Waals surface area contributed by atoms with Crippen LogP contribution < -0.4 is 0 Å². The Morgan fingerprint density at radius 2 is 2.00 bits per heavy atom. The average molecular weight is 265 g/mol. The molecule has 1 aliphatic rings. The molecule has 0 saturated heterocycles. The fourth-order valence-corrected chi connectivity index (χ4v) is 2.99. The van der Waals surface area contributed by atoms with E-state index in [2.05, 4.69) is 35.4 Å². The van der Waals surface area contributed by atoms with Crippen LogP contribution in [-0.2, 0) is 4.79 Å². The van der Waals surface area contributed by atoms with Crippen molar-refractivity contribution in [2.24, 2.45) is 11.8 Å². The van der Waals surface area contributed by atoms with Gasteiger partial charge in [0.1, 0.15) is 0 Å². The molecule has 2 rings (SSSR count). The van der Waals surface area contributed by atoms with Gasteiger partial charge in [-0.3, -0.25) is 4.79 Å². The van der Waals surface area contributed by atoms with Crippen molar-refractivity contribution in [3.8, 4) is 0 Å². The van der Waals surface area contributed by atoms with Crippen LogP contribution in [-0.4, -0.2) is 36.3 Å². The Morgan fingerprint density at radius 3 is 2.39 bits per heavy atom. The third-order valence-electron chi connectivity index (χ3n) is 3.58. The van der Waals surface area contributed by atoms with Crippen molar-refractivity contribution in [2.75, 3.05) is 20.4 Å². The number of nitrogens with zero attached hydrogens (tertiary/aromatic N) is 1. The summed E-state index contributed by atoms with van der Waals surface area (Å²) in [5, 5.41) is 9.06. The lowest BCUT2D eigenvalue weighted by atomic mass is 10.00. The number of thioether (sulfide) groups is 1. The van der Waals surface area contributed by atoms with Crippen LogP contribution in [0.4, 0.5) is 0 Å². The number of carbonyl (C=O) groups is 1. The third kappa shape index (κ3) is 2.70. The molecule has 0 radical (unpaired) electrons. The summed E-state index contributed by atoms with van der Waals surface area (Å²) < 4.78 is 0. The molecule has 1 saturated carbocycles. The largest absolute Gasteiger partial charge is 0.481 e. The Bertz CT molecular complexity index is 430. The summed E-state index contributed by atoms with van der Waals surface area (Å²) in [7, 11) is 4.04. The van der Waals surface area contributed by atoms with E-state index in [1.54, 1.807) is 11.8 Å². The Labute approximate surface area is 112 Å². The van der Waals surface area contributed by atoms with Gasteiger partial charge in [-0.15, -0.1) is 11.8 Å². The van der Waals surface area contributed by atoms with E-state index in [1.165, 1.54) is 10.5 Å². The van der Waals surface area contributed by atoms with Crippen LogP contribution >= 0.6 is 11.8 Å². The first-order chi connectivity index (χ1) is 8.54. The minimum Gasteiger partial charge on any atom is -0.481 e. The highest BCUT2D eigenvalue weighted by Crippen LogP contribution is 2.49. The van der Waals surface area contributed by atoms with Gasteiger partial charge in [-0.25, -0.2) is 0 Å². The Kier molecular flexibility index (Phi) is 3.97. The van der Waals surface area contributed by atoms with Crippen LogP contribution in [0.1, 0.15) is 18.0 Å². The first-order valence-corrected chi connectivity index (χ1v) is 7.30. The summed E-state index contributed by atoms with van der Waals surface area (Å²) >= 11 is 1.72. The molecule has 0 heterocycles. The van der Waals surface area contributed by atoms with Crippen molar-refractivity contribution < 1.29 is 9.90 Å². The van der Waals surface area contributed by atoms with Crippen LogP contribution in [0.15, 0.2) is 29.2 Å². The molecule has 3 atom stereocenters. The number of aliphatic carboxylic acids is 1. The van der Waals surface area contributed by atoms with E-state index in [1.807, 2.05) is 14.1 Å². The van der Waals surface area contributed by atoms with E-state index in [-0.39, 0.29) is 17.9 Å². The van der Waals surface area contributed by atoms with Gasteiger partial charge >= 0.3 is 5.97 Å². The van der Waals surface area contributed by atoms with Crippen molar-refractivity contribution in [1.82, 2.24) is 4.90 Å². The van der Waals surface area contributed by atoms with Crippen molar-refractivity contribution in [2.45, 2.75) is 17.4 Å². The number of hydrogen-bond donors (Lipinski definition) is 1. The Hall–Kier alpha value is -1.00. The second kappa shape index (κ2) is 5.33. The van der Waals surface area contributed by atoms with Gasteiger partial charge in [0.15, 0.2) is 0 Å². The molecule has 1 aromatic rings. The summed E-state index contributed by atoms with van der Waals surface area (Å²) in [6, 6.07) is 8.66. The van der Waals surface area contributed by atoms with Crippen molar-refractivity contribution in [3.05, 3.63) is 29.8 Å². The maximum atomic E-state index is 11.0. The maximum absolute atomic E-state index is 11.0. The fourth-order valence-electron chi connectivity index (χ4n) is 2.58. The molecule has 0 aliphatic heterocycles. The summed E-state index contributed by atoms with van der Waals surface area (Å²) in [5.41, 5.74) is 1.21. The number of rotatable bonds is 5. The normalized spacial score (nSPS) is 24.0. The van der Waals surface area contributed by atoms with Gasteiger partial charge in [-0.05, 0) is 50.4 Å². The summed E-state index contributed by atoms with van der Waals surface area (Å²) in [5.74, 6) is -0.581. The van der Waals surface area contributed by atoms with Gasteiger partial charge in [0.05, 0.1) is 5.92 Å². The molecule has 3 unspecified atom stereocenters. The van der Waals surface area contributed by atoms with E-state index in [9.17, 15) is 4.79 Å². The van der Waals surface area contributed by atoms with Crippen LogP contribution in [0, 0.1) is 11.8 Å². The quantitative estimate of drug-likeness (QED) is 0.831. The molecular weight excluding hydrogens is 246 g/mol. The minimum absolute atomic E-state index is 0.169. The van der Waals surface area contributed by atoms with Crippen LogP contribution in [0.3, 0.4) is 0 Å². The number of benzene rings is 1. The van der Waals surface area contributed by atoms with E-state index < -0.39 is 5.97 Å². The fraction of sp³-hybridized carbons (Fsp3) is 0.500. The van der Waals surface area contributed by atoms with Crippen molar-refractivity contribution in [1.29, 1.82) is 0 Å². The second-order valence-corrected chi connectivity index (χ2v) is 5.91. The standard InChI is InChI=1S/C14H19NO2S/c1-15(2)13(11-8-12(11)14(16)17)9-4-6-10(18-3)7-5-9/h4-7,11-13H,8H2,1-3H3,(H,16,17).